The van der Waals surface area contributed by atoms with Crippen LogP contribution in [0.5, 0.6) is 11.5 Å². The first kappa shape index (κ1) is 15.0. The first-order valence-corrected chi connectivity index (χ1v) is 7.23. The van der Waals surface area contributed by atoms with Crippen LogP contribution in [-0.2, 0) is 0 Å². The summed E-state index contributed by atoms with van der Waals surface area (Å²) in [7, 11) is 3.12. The monoisotopic (exact) mass is 297 g/mol. The molecule has 1 aliphatic rings. The zero-order chi connectivity index (χ0) is 14.5. The predicted octanol–water partition coefficient (Wildman–Crippen LogP) is 2.84. The molecule has 0 spiro atoms. The van der Waals surface area contributed by atoms with Crippen molar-refractivity contribution in [3.63, 3.8) is 0 Å². The molecule has 0 aromatic heterocycles. The quantitative estimate of drug-likeness (QED) is 0.850. The molecular weight excluding hydrogens is 278 g/mol. The van der Waals surface area contributed by atoms with Gasteiger partial charge >= 0.3 is 0 Å². The highest BCUT2D eigenvalue weighted by Gasteiger charge is 2.26. The Balaban J connectivity index is 2.04. The van der Waals surface area contributed by atoms with Crippen molar-refractivity contribution in [2.24, 2.45) is 5.92 Å². The van der Waals surface area contributed by atoms with E-state index in [1.807, 2.05) is 0 Å². The van der Waals surface area contributed by atoms with Gasteiger partial charge in [-0.15, -0.1) is 11.6 Å². The fourth-order valence-electron chi connectivity index (χ4n) is 2.53. The molecule has 0 saturated heterocycles. The van der Waals surface area contributed by atoms with Crippen LogP contribution in [0.4, 0.5) is 0 Å². The first-order chi connectivity index (χ1) is 9.65. The van der Waals surface area contributed by atoms with Gasteiger partial charge in [0.25, 0.3) is 5.91 Å². The second kappa shape index (κ2) is 6.84. The van der Waals surface area contributed by atoms with Crippen LogP contribution in [0.1, 0.15) is 29.6 Å². The molecule has 0 bridgehead atoms. The fourth-order valence-corrected chi connectivity index (χ4v) is 2.90. The Morgan fingerprint density at radius 3 is 2.75 bits per heavy atom. The maximum absolute atomic E-state index is 12.3. The highest BCUT2D eigenvalue weighted by atomic mass is 35.5. The molecular formula is C15H20ClNO3. The largest absolute Gasteiger partial charge is 0.497 e. The van der Waals surface area contributed by atoms with E-state index in [9.17, 15) is 4.79 Å². The van der Waals surface area contributed by atoms with E-state index in [-0.39, 0.29) is 11.3 Å². The number of amides is 1. The molecule has 2 unspecified atom stereocenters. The number of carbonyl (C=O) groups excluding carboxylic acids is 1. The Kier molecular flexibility index (Phi) is 5.12. The third-order valence-electron chi connectivity index (χ3n) is 3.74. The van der Waals surface area contributed by atoms with Gasteiger partial charge in [-0.05, 0) is 37.0 Å². The molecule has 1 saturated carbocycles. The average Bonchev–Trinajstić information content (AvgIpc) is 2.89. The second-order valence-corrected chi connectivity index (χ2v) is 5.54. The molecule has 4 nitrogen and oxygen atoms in total. The van der Waals surface area contributed by atoms with Gasteiger partial charge in [-0.25, -0.2) is 0 Å². The van der Waals surface area contributed by atoms with Gasteiger partial charge in [-0.1, -0.05) is 6.42 Å². The number of hydrogen-bond donors (Lipinski definition) is 1. The minimum atomic E-state index is -0.156. The SMILES string of the molecule is COc1ccc(OC)c(C(=O)NCC2CCCC2Cl)c1. The summed E-state index contributed by atoms with van der Waals surface area (Å²) in [4.78, 5) is 12.3. The molecule has 1 amide bonds. The van der Waals surface area contributed by atoms with Gasteiger partial charge in [-0.3, -0.25) is 4.79 Å². The van der Waals surface area contributed by atoms with E-state index >= 15 is 0 Å². The van der Waals surface area contributed by atoms with E-state index in [2.05, 4.69) is 5.32 Å². The van der Waals surface area contributed by atoms with Crippen LogP contribution in [0.15, 0.2) is 18.2 Å². The smallest absolute Gasteiger partial charge is 0.255 e. The molecule has 1 N–H and O–H groups in total. The van der Waals surface area contributed by atoms with E-state index in [0.717, 1.165) is 19.3 Å². The molecule has 110 valence electrons. The van der Waals surface area contributed by atoms with Crippen molar-refractivity contribution in [3.05, 3.63) is 23.8 Å². The van der Waals surface area contributed by atoms with Crippen LogP contribution >= 0.6 is 11.6 Å². The number of methoxy groups -OCH3 is 2. The van der Waals surface area contributed by atoms with Crippen LogP contribution in [0.3, 0.4) is 0 Å². The molecule has 20 heavy (non-hydrogen) atoms. The Morgan fingerprint density at radius 2 is 2.15 bits per heavy atom. The summed E-state index contributed by atoms with van der Waals surface area (Å²) in [6.07, 6.45) is 3.24. The van der Waals surface area contributed by atoms with E-state index in [4.69, 9.17) is 21.1 Å². The van der Waals surface area contributed by atoms with Crippen LogP contribution in [0.2, 0.25) is 0 Å². The molecule has 5 heteroatoms. The lowest BCUT2D eigenvalue weighted by Gasteiger charge is -2.15. The standard InChI is InChI=1S/C15H20ClNO3/c1-19-11-6-7-14(20-2)12(8-11)15(18)17-9-10-4-3-5-13(10)16/h6-8,10,13H,3-5,9H2,1-2H3,(H,17,18). The highest BCUT2D eigenvalue weighted by Crippen LogP contribution is 2.30. The van der Waals surface area contributed by atoms with Crippen LogP contribution in [0, 0.1) is 5.92 Å². The number of hydrogen-bond acceptors (Lipinski definition) is 3. The van der Waals surface area contributed by atoms with Crippen LogP contribution in [-0.4, -0.2) is 32.0 Å². The van der Waals surface area contributed by atoms with Gasteiger partial charge in [-0.2, -0.15) is 0 Å². The molecule has 1 aromatic carbocycles. The van der Waals surface area contributed by atoms with Gasteiger partial charge in [0.2, 0.25) is 0 Å². The molecule has 1 fully saturated rings. The lowest BCUT2D eigenvalue weighted by atomic mass is 10.1. The van der Waals surface area contributed by atoms with Crippen LogP contribution in [0.25, 0.3) is 0 Å². The Bertz CT molecular complexity index is 478. The van der Waals surface area contributed by atoms with Crippen molar-refractivity contribution in [1.29, 1.82) is 0 Å². The first-order valence-electron chi connectivity index (χ1n) is 6.80. The summed E-state index contributed by atoms with van der Waals surface area (Å²) in [6, 6.07) is 5.18. The van der Waals surface area contributed by atoms with Gasteiger partial charge in [0.1, 0.15) is 11.5 Å². The molecule has 2 rings (SSSR count). The normalized spacial score (nSPS) is 21.6. The minimum Gasteiger partial charge on any atom is -0.497 e. The van der Waals surface area contributed by atoms with Crippen LogP contribution < -0.4 is 14.8 Å². The maximum Gasteiger partial charge on any atom is 0.255 e. The van der Waals surface area contributed by atoms with Crippen molar-refractivity contribution >= 4 is 17.5 Å². The average molecular weight is 298 g/mol. The zero-order valence-electron chi connectivity index (χ0n) is 11.8. The van der Waals surface area contributed by atoms with E-state index in [1.54, 1.807) is 32.4 Å². The topological polar surface area (TPSA) is 47.6 Å². The molecule has 2 atom stereocenters. The third kappa shape index (κ3) is 3.37. The van der Waals surface area contributed by atoms with Gasteiger partial charge in [0.15, 0.2) is 0 Å². The van der Waals surface area contributed by atoms with Crippen molar-refractivity contribution in [2.75, 3.05) is 20.8 Å². The number of rotatable bonds is 5. The number of benzene rings is 1. The van der Waals surface area contributed by atoms with Gasteiger partial charge in [0, 0.05) is 11.9 Å². The van der Waals surface area contributed by atoms with E-state index in [1.165, 1.54) is 0 Å². The maximum atomic E-state index is 12.3. The van der Waals surface area contributed by atoms with Crippen molar-refractivity contribution in [2.45, 2.75) is 24.6 Å². The van der Waals surface area contributed by atoms with Crippen molar-refractivity contribution in [1.82, 2.24) is 5.32 Å². The number of nitrogens with one attached hydrogen (secondary N) is 1. The lowest BCUT2D eigenvalue weighted by molar-refractivity contribution is 0.0944. The number of alkyl halides is 1. The Labute approximate surface area is 124 Å². The molecule has 1 aliphatic carbocycles. The zero-order valence-corrected chi connectivity index (χ0v) is 12.6. The van der Waals surface area contributed by atoms with E-state index in [0.29, 0.717) is 29.5 Å². The fraction of sp³-hybridized carbons (Fsp3) is 0.533. The summed E-state index contributed by atoms with van der Waals surface area (Å²) in [6.45, 7) is 0.605. The third-order valence-corrected chi connectivity index (χ3v) is 4.32. The summed E-state index contributed by atoms with van der Waals surface area (Å²) in [5.74, 6) is 1.37. The molecule has 1 aromatic rings. The second-order valence-electron chi connectivity index (χ2n) is 4.98. The Morgan fingerprint density at radius 1 is 1.35 bits per heavy atom. The van der Waals surface area contributed by atoms with Crippen molar-refractivity contribution < 1.29 is 14.3 Å². The lowest BCUT2D eigenvalue weighted by Crippen LogP contribution is -2.31. The molecule has 0 heterocycles. The van der Waals surface area contributed by atoms with E-state index < -0.39 is 0 Å². The number of ether oxygens (including phenoxy) is 2. The summed E-state index contributed by atoms with van der Waals surface area (Å²) < 4.78 is 10.4. The number of carbonyl (C=O) groups is 1. The predicted molar refractivity (Wildman–Crippen MR) is 78.9 cm³/mol. The van der Waals surface area contributed by atoms with Crippen molar-refractivity contribution in [3.8, 4) is 11.5 Å². The summed E-state index contributed by atoms with van der Waals surface area (Å²) >= 11 is 6.22. The summed E-state index contributed by atoms with van der Waals surface area (Å²) in [5.41, 5.74) is 0.482. The minimum absolute atomic E-state index is 0.156. The number of halogens is 1. The summed E-state index contributed by atoms with van der Waals surface area (Å²) in [5, 5.41) is 3.11. The molecule has 0 radical (unpaired) electrons. The Hall–Kier alpha value is -1.42. The highest BCUT2D eigenvalue weighted by molar-refractivity contribution is 6.21. The van der Waals surface area contributed by atoms with Gasteiger partial charge < -0.3 is 14.8 Å². The molecule has 0 aliphatic heterocycles. The van der Waals surface area contributed by atoms with Gasteiger partial charge in [0.05, 0.1) is 19.8 Å².